The van der Waals surface area contributed by atoms with Gasteiger partial charge in [-0.05, 0) is 24.1 Å². The van der Waals surface area contributed by atoms with E-state index in [0.29, 0.717) is 24.5 Å². The van der Waals surface area contributed by atoms with Crippen LogP contribution in [0.1, 0.15) is 25.3 Å². The molecule has 0 N–H and O–H groups in total. The third-order valence-electron chi connectivity index (χ3n) is 4.12. The first-order chi connectivity index (χ1) is 13.3. The highest BCUT2D eigenvalue weighted by Crippen LogP contribution is 2.26. The summed E-state index contributed by atoms with van der Waals surface area (Å²) in [6.07, 6.45) is 2.21. The molecule has 0 unspecified atom stereocenters. The van der Waals surface area contributed by atoms with E-state index < -0.39 is 0 Å². The van der Waals surface area contributed by atoms with Gasteiger partial charge < -0.3 is 4.74 Å². The Morgan fingerprint density at radius 1 is 1.00 bits per heavy atom. The van der Waals surface area contributed by atoms with Crippen LogP contribution in [0, 0.1) is 5.82 Å². The van der Waals surface area contributed by atoms with E-state index in [0.717, 1.165) is 35.9 Å². The van der Waals surface area contributed by atoms with Gasteiger partial charge in [-0.25, -0.2) is 4.39 Å². The SMILES string of the molecule is CCCCOCCSc1nnc(-c2ccccc2F)n1Cc1ccccc1. The van der Waals surface area contributed by atoms with Crippen molar-refractivity contribution in [3.63, 3.8) is 0 Å². The Bertz CT molecular complexity index is 838. The summed E-state index contributed by atoms with van der Waals surface area (Å²) in [5.74, 6) is 1.04. The lowest BCUT2D eigenvalue weighted by molar-refractivity contribution is 0.147. The van der Waals surface area contributed by atoms with E-state index in [9.17, 15) is 4.39 Å². The van der Waals surface area contributed by atoms with E-state index in [1.165, 1.54) is 6.07 Å². The molecule has 0 aliphatic rings. The number of hydrogen-bond acceptors (Lipinski definition) is 4. The summed E-state index contributed by atoms with van der Waals surface area (Å²) in [5.41, 5.74) is 1.59. The van der Waals surface area contributed by atoms with E-state index in [1.54, 1.807) is 23.9 Å². The highest BCUT2D eigenvalue weighted by Gasteiger charge is 2.17. The summed E-state index contributed by atoms with van der Waals surface area (Å²) in [4.78, 5) is 0. The number of aromatic nitrogens is 3. The molecule has 0 fully saturated rings. The van der Waals surface area contributed by atoms with Gasteiger partial charge in [0.05, 0.1) is 18.7 Å². The number of hydrogen-bond donors (Lipinski definition) is 0. The van der Waals surface area contributed by atoms with E-state index in [1.807, 2.05) is 41.0 Å². The quantitative estimate of drug-likeness (QED) is 0.362. The minimum Gasteiger partial charge on any atom is -0.381 e. The molecule has 0 spiro atoms. The number of nitrogens with zero attached hydrogens (tertiary/aromatic N) is 3. The number of unbranched alkanes of at least 4 members (excludes halogenated alkanes) is 1. The first kappa shape index (κ1) is 19.6. The lowest BCUT2D eigenvalue weighted by Gasteiger charge is -2.11. The van der Waals surface area contributed by atoms with Gasteiger partial charge in [0.25, 0.3) is 0 Å². The second-order valence-electron chi connectivity index (χ2n) is 6.17. The van der Waals surface area contributed by atoms with Crippen molar-refractivity contribution < 1.29 is 9.13 Å². The predicted molar refractivity (Wildman–Crippen MR) is 107 cm³/mol. The molecule has 142 valence electrons. The molecule has 1 heterocycles. The van der Waals surface area contributed by atoms with E-state index in [2.05, 4.69) is 17.1 Å². The summed E-state index contributed by atoms with van der Waals surface area (Å²) >= 11 is 1.59. The zero-order chi connectivity index (χ0) is 18.9. The molecule has 0 bridgehead atoms. The van der Waals surface area contributed by atoms with Crippen LogP contribution in [0.5, 0.6) is 0 Å². The Morgan fingerprint density at radius 2 is 1.78 bits per heavy atom. The van der Waals surface area contributed by atoms with Gasteiger partial charge in [0, 0.05) is 12.4 Å². The van der Waals surface area contributed by atoms with Gasteiger partial charge in [0.1, 0.15) is 5.82 Å². The number of benzene rings is 2. The maximum atomic E-state index is 14.3. The molecule has 0 atom stereocenters. The maximum Gasteiger partial charge on any atom is 0.191 e. The minimum atomic E-state index is -0.293. The van der Waals surface area contributed by atoms with Crippen LogP contribution < -0.4 is 0 Å². The fraction of sp³-hybridized carbons (Fsp3) is 0.333. The topological polar surface area (TPSA) is 39.9 Å². The molecule has 4 nitrogen and oxygen atoms in total. The molecule has 0 radical (unpaired) electrons. The first-order valence-corrected chi connectivity index (χ1v) is 10.2. The number of halogens is 1. The number of ether oxygens (including phenoxy) is 1. The Morgan fingerprint density at radius 3 is 2.56 bits per heavy atom. The second kappa shape index (κ2) is 10.2. The molecule has 0 aliphatic heterocycles. The molecular formula is C21H24FN3OS. The van der Waals surface area contributed by atoms with Gasteiger partial charge in [0.15, 0.2) is 11.0 Å². The average molecular weight is 386 g/mol. The van der Waals surface area contributed by atoms with Crippen molar-refractivity contribution in [2.45, 2.75) is 31.5 Å². The highest BCUT2D eigenvalue weighted by molar-refractivity contribution is 7.99. The van der Waals surface area contributed by atoms with Crippen LogP contribution >= 0.6 is 11.8 Å². The van der Waals surface area contributed by atoms with Crippen molar-refractivity contribution in [3.8, 4) is 11.4 Å². The van der Waals surface area contributed by atoms with Gasteiger partial charge in [-0.2, -0.15) is 0 Å². The fourth-order valence-corrected chi connectivity index (χ4v) is 3.48. The Kier molecular flexibility index (Phi) is 7.42. The van der Waals surface area contributed by atoms with E-state index in [4.69, 9.17) is 4.74 Å². The summed E-state index contributed by atoms with van der Waals surface area (Å²) in [6.45, 7) is 4.19. The molecular weight excluding hydrogens is 361 g/mol. The second-order valence-corrected chi connectivity index (χ2v) is 7.23. The van der Waals surface area contributed by atoms with Crippen LogP contribution in [-0.4, -0.2) is 33.7 Å². The standard InChI is InChI=1S/C21H24FN3OS/c1-2-3-13-26-14-15-27-21-24-23-20(18-11-7-8-12-19(18)22)25(21)16-17-9-5-4-6-10-17/h4-12H,2-3,13-16H2,1H3. The predicted octanol–water partition coefficient (Wildman–Crippen LogP) is 5.04. The highest BCUT2D eigenvalue weighted by atomic mass is 32.2. The lowest BCUT2D eigenvalue weighted by Crippen LogP contribution is -2.06. The molecule has 3 aromatic rings. The van der Waals surface area contributed by atoms with E-state index in [-0.39, 0.29) is 5.82 Å². The zero-order valence-electron chi connectivity index (χ0n) is 15.5. The first-order valence-electron chi connectivity index (χ1n) is 9.22. The van der Waals surface area contributed by atoms with Crippen LogP contribution in [0.3, 0.4) is 0 Å². The van der Waals surface area contributed by atoms with Gasteiger partial charge in [-0.1, -0.05) is 67.6 Å². The number of thioether (sulfide) groups is 1. The molecule has 3 rings (SSSR count). The van der Waals surface area contributed by atoms with E-state index >= 15 is 0 Å². The van der Waals surface area contributed by atoms with Gasteiger partial charge in [-0.15, -0.1) is 10.2 Å². The maximum absolute atomic E-state index is 14.3. The molecule has 2 aromatic carbocycles. The lowest BCUT2D eigenvalue weighted by atomic mass is 10.2. The number of rotatable bonds is 10. The van der Waals surface area contributed by atoms with Gasteiger partial charge in [0.2, 0.25) is 0 Å². The zero-order valence-corrected chi connectivity index (χ0v) is 16.3. The summed E-state index contributed by atoms with van der Waals surface area (Å²) in [6, 6.07) is 16.8. The fourth-order valence-electron chi connectivity index (χ4n) is 2.69. The smallest absolute Gasteiger partial charge is 0.191 e. The molecule has 0 saturated carbocycles. The summed E-state index contributed by atoms with van der Waals surface area (Å²) < 4.78 is 21.9. The van der Waals surface area contributed by atoms with Crippen LogP contribution in [0.25, 0.3) is 11.4 Å². The largest absolute Gasteiger partial charge is 0.381 e. The minimum absolute atomic E-state index is 0.293. The average Bonchev–Trinajstić information content (AvgIpc) is 3.08. The van der Waals surface area contributed by atoms with Crippen molar-refractivity contribution in [1.82, 2.24) is 14.8 Å². The van der Waals surface area contributed by atoms with Crippen molar-refractivity contribution in [2.24, 2.45) is 0 Å². The molecule has 6 heteroatoms. The van der Waals surface area contributed by atoms with Crippen LogP contribution in [0.4, 0.5) is 4.39 Å². The van der Waals surface area contributed by atoms with Crippen molar-refractivity contribution in [3.05, 3.63) is 66.0 Å². The Balaban J connectivity index is 1.79. The Labute approximate surface area is 163 Å². The van der Waals surface area contributed by atoms with Gasteiger partial charge in [-0.3, -0.25) is 4.57 Å². The monoisotopic (exact) mass is 385 g/mol. The van der Waals surface area contributed by atoms with Crippen LogP contribution in [-0.2, 0) is 11.3 Å². The summed E-state index contributed by atoms with van der Waals surface area (Å²) in [7, 11) is 0. The molecule has 1 aromatic heterocycles. The molecule has 0 aliphatic carbocycles. The normalized spacial score (nSPS) is 11.0. The molecule has 0 saturated heterocycles. The van der Waals surface area contributed by atoms with Crippen molar-refractivity contribution >= 4 is 11.8 Å². The summed E-state index contributed by atoms with van der Waals surface area (Å²) in [5, 5.41) is 9.37. The third-order valence-corrected chi connectivity index (χ3v) is 5.05. The van der Waals surface area contributed by atoms with Crippen molar-refractivity contribution in [2.75, 3.05) is 19.0 Å². The van der Waals surface area contributed by atoms with Crippen molar-refractivity contribution in [1.29, 1.82) is 0 Å². The van der Waals surface area contributed by atoms with Crippen LogP contribution in [0.2, 0.25) is 0 Å². The van der Waals surface area contributed by atoms with Crippen LogP contribution in [0.15, 0.2) is 59.8 Å². The molecule has 27 heavy (non-hydrogen) atoms. The Hall–Kier alpha value is -2.18. The van der Waals surface area contributed by atoms with Gasteiger partial charge >= 0.3 is 0 Å². The third kappa shape index (κ3) is 5.40. The molecule has 0 amide bonds.